The second-order valence-corrected chi connectivity index (χ2v) is 7.01. The maximum absolute atomic E-state index is 12.7. The minimum absolute atomic E-state index is 0.180. The number of nitrogens with zero attached hydrogens (tertiary/aromatic N) is 3. The van der Waals surface area contributed by atoms with Crippen LogP contribution < -0.4 is 4.74 Å². The topological polar surface area (TPSA) is 47.4 Å². The number of rotatable bonds is 7. The van der Waals surface area contributed by atoms with Gasteiger partial charge >= 0.3 is 0 Å². The van der Waals surface area contributed by atoms with Crippen molar-refractivity contribution in [1.82, 2.24) is 14.5 Å². The quantitative estimate of drug-likeness (QED) is 0.775. The van der Waals surface area contributed by atoms with Crippen LogP contribution in [0.1, 0.15) is 44.5 Å². The van der Waals surface area contributed by atoms with Crippen molar-refractivity contribution < 1.29 is 9.53 Å². The molecule has 1 heterocycles. The van der Waals surface area contributed by atoms with Gasteiger partial charge in [0.2, 0.25) is 5.91 Å². The van der Waals surface area contributed by atoms with Gasteiger partial charge in [0.15, 0.2) is 0 Å². The van der Waals surface area contributed by atoms with Crippen molar-refractivity contribution in [2.45, 2.75) is 52.2 Å². The second-order valence-electron chi connectivity index (χ2n) is 7.01. The van der Waals surface area contributed by atoms with E-state index in [0.29, 0.717) is 6.54 Å². The van der Waals surface area contributed by atoms with Crippen LogP contribution in [-0.2, 0) is 17.9 Å². The Balaban J connectivity index is 1.71. The average molecular weight is 341 g/mol. The molecule has 25 heavy (non-hydrogen) atoms. The van der Waals surface area contributed by atoms with E-state index in [1.165, 1.54) is 12.0 Å². The van der Waals surface area contributed by atoms with Gasteiger partial charge in [0, 0.05) is 30.9 Å². The molecule has 1 aliphatic rings. The van der Waals surface area contributed by atoms with Crippen LogP contribution in [0, 0.1) is 5.92 Å². The number of hydrogen-bond donors (Lipinski definition) is 0. The summed E-state index contributed by atoms with van der Waals surface area (Å²) < 4.78 is 7.32. The molecule has 0 spiro atoms. The fourth-order valence-corrected chi connectivity index (χ4v) is 3.12. The maximum Gasteiger partial charge on any atom is 0.226 e. The Hall–Kier alpha value is -2.30. The summed E-state index contributed by atoms with van der Waals surface area (Å²) >= 11 is 0. The van der Waals surface area contributed by atoms with Gasteiger partial charge in [0.25, 0.3) is 0 Å². The molecule has 5 nitrogen and oxygen atoms in total. The summed E-state index contributed by atoms with van der Waals surface area (Å²) in [6.07, 6.45) is 7.02. The fourth-order valence-electron chi connectivity index (χ4n) is 3.12. The molecule has 0 aliphatic heterocycles. The molecule has 1 amide bonds. The number of carbonyl (C=O) groups is 1. The zero-order chi connectivity index (χ0) is 17.8. The molecule has 3 rings (SSSR count). The summed E-state index contributed by atoms with van der Waals surface area (Å²) in [6.45, 7) is 5.46. The van der Waals surface area contributed by atoms with E-state index in [9.17, 15) is 4.79 Å². The van der Waals surface area contributed by atoms with Gasteiger partial charge in [0.1, 0.15) is 11.6 Å². The van der Waals surface area contributed by atoms with Crippen LogP contribution in [0.4, 0.5) is 0 Å². The molecular formula is C20H27N3O2. The van der Waals surface area contributed by atoms with Crippen molar-refractivity contribution in [2.24, 2.45) is 5.92 Å². The second kappa shape index (κ2) is 7.72. The third-order valence-corrected chi connectivity index (χ3v) is 4.99. The van der Waals surface area contributed by atoms with Crippen LogP contribution in [0.15, 0.2) is 36.7 Å². The monoisotopic (exact) mass is 341 g/mol. The van der Waals surface area contributed by atoms with Gasteiger partial charge in [-0.15, -0.1) is 0 Å². The van der Waals surface area contributed by atoms with Gasteiger partial charge in [-0.25, -0.2) is 4.98 Å². The molecular weight excluding hydrogens is 314 g/mol. The first-order valence-electron chi connectivity index (χ1n) is 9.02. The Morgan fingerprint density at radius 3 is 2.60 bits per heavy atom. The van der Waals surface area contributed by atoms with Crippen LogP contribution in [0.3, 0.4) is 0 Å². The minimum Gasteiger partial charge on any atom is -0.497 e. The van der Waals surface area contributed by atoms with Crippen molar-refractivity contribution in [3.05, 3.63) is 48.0 Å². The van der Waals surface area contributed by atoms with E-state index < -0.39 is 0 Å². The Kier molecular flexibility index (Phi) is 5.41. The Labute approximate surface area is 149 Å². The number of imidazole rings is 1. The Bertz CT molecular complexity index is 702. The molecule has 0 atom stereocenters. The number of methoxy groups -OCH3 is 1. The van der Waals surface area contributed by atoms with Crippen molar-refractivity contribution >= 4 is 5.91 Å². The normalized spacial score (nSPS) is 14.4. The molecule has 1 aliphatic carbocycles. The van der Waals surface area contributed by atoms with Crippen molar-refractivity contribution in [3.63, 3.8) is 0 Å². The van der Waals surface area contributed by atoms with Crippen molar-refractivity contribution in [2.75, 3.05) is 7.11 Å². The van der Waals surface area contributed by atoms with Gasteiger partial charge in [-0.2, -0.15) is 0 Å². The zero-order valence-electron chi connectivity index (χ0n) is 15.3. The molecule has 134 valence electrons. The molecule has 1 saturated carbocycles. The lowest BCUT2D eigenvalue weighted by Gasteiger charge is -2.34. The van der Waals surface area contributed by atoms with Crippen LogP contribution in [0.5, 0.6) is 5.75 Å². The Morgan fingerprint density at radius 1 is 1.32 bits per heavy atom. The summed E-state index contributed by atoms with van der Waals surface area (Å²) in [5.41, 5.74) is 1.18. The SMILES string of the molecule is COc1ccc(Cn2ccnc2CN(C(=O)C2CCC2)C(C)C)cc1. The van der Waals surface area contributed by atoms with Gasteiger partial charge in [-0.05, 0) is 44.4 Å². The van der Waals surface area contributed by atoms with E-state index >= 15 is 0 Å². The highest BCUT2D eigenvalue weighted by atomic mass is 16.5. The standard InChI is InChI=1S/C20H27N3O2/c1-15(2)23(20(24)17-5-4-6-17)14-19-21-11-12-22(19)13-16-7-9-18(25-3)10-8-16/h7-12,15,17H,4-6,13-14H2,1-3H3. The van der Waals surface area contributed by atoms with Crippen LogP contribution in [-0.4, -0.2) is 33.5 Å². The largest absolute Gasteiger partial charge is 0.497 e. The number of aromatic nitrogens is 2. The van der Waals surface area contributed by atoms with Gasteiger partial charge in [-0.1, -0.05) is 18.6 Å². The van der Waals surface area contributed by atoms with Crippen molar-refractivity contribution in [1.29, 1.82) is 0 Å². The molecule has 0 saturated heterocycles. The number of ether oxygens (including phenoxy) is 1. The first kappa shape index (κ1) is 17.5. The molecule has 0 radical (unpaired) electrons. The van der Waals surface area contributed by atoms with E-state index in [4.69, 9.17) is 4.74 Å². The predicted molar refractivity (Wildman–Crippen MR) is 97.4 cm³/mol. The molecule has 1 aromatic carbocycles. The summed E-state index contributed by atoms with van der Waals surface area (Å²) in [5, 5.41) is 0. The Morgan fingerprint density at radius 2 is 2.04 bits per heavy atom. The third kappa shape index (κ3) is 4.03. The van der Waals surface area contributed by atoms with E-state index in [-0.39, 0.29) is 17.9 Å². The highest BCUT2D eigenvalue weighted by molar-refractivity contribution is 5.79. The van der Waals surface area contributed by atoms with E-state index in [2.05, 4.69) is 35.5 Å². The van der Waals surface area contributed by atoms with Crippen LogP contribution >= 0.6 is 0 Å². The number of carbonyl (C=O) groups excluding carboxylic acids is 1. The highest BCUT2D eigenvalue weighted by Crippen LogP contribution is 2.29. The van der Waals surface area contributed by atoms with E-state index in [0.717, 1.165) is 31.0 Å². The lowest BCUT2D eigenvalue weighted by atomic mass is 9.84. The summed E-state index contributed by atoms with van der Waals surface area (Å²) in [4.78, 5) is 19.2. The van der Waals surface area contributed by atoms with Gasteiger partial charge in [0.05, 0.1) is 13.7 Å². The fraction of sp³-hybridized carbons (Fsp3) is 0.500. The average Bonchev–Trinajstić information content (AvgIpc) is 2.98. The van der Waals surface area contributed by atoms with E-state index in [1.807, 2.05) is 29.4 Å². The highest BCUT2D eigenvalue weighted by Gasteiger charge is 2.31. The number of benzene rings is 1. The molecule has 0 unspecified atom stereocenters. The van der Waals surface area contributed by atoms with E-state index in [1.54, 1.807) is 7.11 Å². The molecule has 5 heteroatoms. The lowest BCUT2D eigenvalue weighted by Crippen LogP contribution is -2.43. The molecule has 2 aromatic rings. The molecule has 1 fully saturated rings. The summed E-state index contributed by atoms with van der Waals surface area (Å²) in [5.74, 6) is 2.27. The summed E-state index contributed by atoms with van der Waals surface area (Å²) in [7, 11) is 1.67. The minimum atomic E-state index is 0.180. The molecule has 0 N–H and O–H groups in total. The first-order chi connectivity index (χ1) is 12.1. The van der Waals surface area contributed by atoms with Crippen LogP contribution in [0.2, 0.25) is 0 Å². The number of amides is 1. The van der Waals surface area contributed by atoms with Crippen LogP contribution in [0.25, 0.3) is 0 Å². The zero-order valence-corrected chi connectivity index (χ0v) is 15.3. The van der Waals surface area contributed by atoms with Crippen molar-refractivity contribution in [3.8, 4) is 5.75 Å². The molecule has 0 bridgehead atoms. The smallest absolute Gasteiger partial charge is 0.226 e. The lowest BCUT2D eigenvalue weighted by molar-refractivity contribution is -0.140. The summed E-state index contributed by atoms with van der Waals surface area (Å²) in [6, 6.07) is 8.23. The third-order valence-electron chi connectivity index (χ3n) is 4.99. The van der Waals surface area contributed by atoms with Gasteiger partial charge in [-0.3, -0.25) is 4.79 Å². The molecule has 1 aromatic heterocycles. The maximum atomic E-state index is 12.7. The van der Waals surface area contributed by atoms with Gasteiger partial charge < -0.3 is 14.2 Å². The predicted octanol–water partition coefficient (Wildman–Crippen LogP) is 3.48. The first-order valence-corrected chi connectivity index (χ1v) is 9.02. The number of hydrogen-bond acceptors (Lipinski definition) is 3.